The highest BCUT2D eigenvalue weighted by Crippen LogP contribution is 2.03. The van der Waals surface area contributed by atoms with Crippen molar-refractivity contribution in [1.82, 2.24) is 10.2 Å². The van der Waals surface area contributed by atoms with E-state index in [9.17, 15) is 0 Å². The topological polar surface area (TPSA) is 41.3 Å². The van der Waals surface area contributed by atoms with E-state index in [0.29, 0.717) is 12.1 Å². The third-order valence-corrected chi connectivity index (χ3v) is 1.92. The number of hydrogen-bond donors (Lipinski definition) is 2. The number of nitrogens with two attached hydrogens (primary N) is 1. The van der Waals surface area contributed by atoms with Gasteiger partial charge in [-0.2, -0.15) is 0 Å². The molecule has 0 aromatic rings. The zero-order valence-corrected chi connectivity index (χ0v) is 6.09. The highest BCUT2D eigenvalue weighted by molar-refractivity contribution is 4.89. The Bertz CT molecular complexity index is 94.3. The van der Waals surface area contributed by atoms with Gasteiger partial charge in [0.2, 0.25) is 0 Å². The van der Waals surface area contributed by atoms with Gasteiger partial charge >= 0.3 is 0 Å². The molecule has 0 saturated carbocycles. The minimum atomic E-state index is 0.319. The van der Waals surface area contributed by atoms with Crippen molar-refractivity contribution in [1.29, 1.82) is 0 Å². The van der Waals surface area contributed by atoms with Crippen molar-refractivity contribution in [3.8, 4) is 0 Å². The van der Waals surface area contributed by atoms with Crippen LogP contribution in [0.25, 0.3) is 0 Å². The maximum absolute atomic E-state index is 5.78. The van der Waals surface area contributed by atoms with Crippen molar-refractivity contribution in [3.63, 3.8) is 0 Å². The molecule has 2 atom stereocenters. The van der Waals surface area contributed by atoms with Crippen LogP contribution in [0.15, 0.2) is 0 Å². The summed E-state index contributed by atoms with van der Waals surface area (Å²) in [7, 11) is 4.06. The molecule has 3 N–H and O–H groups in total. The Hall–Kier alpha value is -0.120. The summed E-state index contributed by atoms with van der Waals surface area (Å²) >= 11 is 0. The van der Waals surface area contributed by atoms with Gasteiger partial charge in [-0.3, -0.25) is 0 Å². The van der Waals surface area contributed by atoms with Gasteiger partial charge in [0.05, 0.1) is 0 Å². The lowest BCUT2D eigenvalue weighted by Gasteiger charge is -2.11. The van der Waals surface area contributed by atoms with Crippen molar-refractivity contribution in [3.05, 3.63) is 0 Å². The summed E-state index contributed by atoms with van der Waals surface area (Å²) in [5, 5.41) is 3.18. The van der Waals surface area contributed by atoms with Gasteiger partial charge in [0.25, 0.3) is 0 Å². The summed E-state index contributed by atoms with van der Waals surface area (Å²) in [5.74, 6) is 0. The van der Waals surface area contributed by atoms with Crippen LogP contribution in [-0.4, -0.2) is 44.2 Å². The average Bonchev–Trinajstić information content (AvgIpc) is 2.10. The molecule has 1 saturated heterocycles. The van der Waals surface area contributed by atoms with Gasteiger partial charge in [-0.25, -0.2) is 0 Å². The number of nitrogens with zero attached hydrogens (tertiary/aromatic N) is 1. The van der Waals surface area contributed by atoms with E-state index in [-0.39, 0.29) is 0 Å². The molecule has 0 bridgehead atoms. The molecule has 0 aliphatic carbocycles. The Balaban J connectivity index is 2.38. The first kappa shape index (κ1) is 6.99. The first-order valence-corrected chi connectivity index (χ1v) is 3.35. The molecule has 0 spiro atoms. The molecule has 0 aromatic carbocycles. The Kier molecular flexibility index (Phi) is 2.05. The molecule has 54 valence electrons. The lowest BCUT2D eigenvalue weighted by Crippen LogP contribution is -2.41. The molecule has 0 radical (unpaired) electrons. The van der Waals surface area contributed by atoms with E-state index in [1.54, 1.807) is 0 Å². The zero-order chi connectivity index (χ0) is 6.85. The van der Waals surface area contributed by atoms with Crippen molar-refractivity contribution >= 4 is 0 Å². The summed E-state index contributed by atoms with van der Waals surface area (Å²) in [4.78, 5) is 2.24. The minimum absolute atomic E-state index is 0.319. The highest BCUT2D eigenvalue weighted by Gasteiger charge is 2.25. The van der Waals surface area contributed by atoms with Gasteiger partial charge in [-0.1, -0.05) is 0 Å². The van der Waals surface area contributed by atoms with Crippen LogP contribution in [0.5, 0.6) is 0 Å². The minimum Gasteiger partial charge on any atom is -0.325 e. The van der Waals surface area contributed by atoms with E-state index in [2.05, 4.69) is 17.3 Å². The van der Waals surface area contributed by atoms with Gasteiger partial charge in [0, 0.05) is 25.2 Å². The van der Waals surface area contributed by atoms with Crippen LogP contribution < -0.4 is 11.1 Å². The van der Waals surface area contributed by atoms with Crippen molar-refractivity contribution < 1.29 is 0 Å². The number of hydrogen-bond acceptors (Lipinski definition) is 3. The van der Waals surface area contributed by atoms with Crippen LogP contribution in [0.4, 0.5) is 0 Å². The zero-order valence-electron chi connectivity index (χ0n) is 6.09. The van der Waals surface area contributed by atoms with E-state index < -0.39 is 0 Å². The standard InChI is InChI=1S/C6H15N3/c1-8-6-4-9(2)3-5(6)7/h5-6,8H,3-4,7H2,1-2H3/t5-,6+/m0/s1. The molecule has 1 aliphatic rings. The summed E-state index contributed by atoms with van der Waals surface area (Å²) < 4.78 is 0. The maximum Gasteiger partial charge on any atom is 0.0357 e. The van der Waals surface area contributed by atoms with Crippen LogP contribution in [0.2, 0.25) is 0 Å². The summed E-state index contributed by atoms with van der Waals surface area (Å²) in [5.41, 5.74) is 5.78. The van der Waals surface area contributed by atoms with Crippen molar-refractivity contribution in [2.45, 2.75) is 12.1 Å². The van der Waals surface area contributed by atoms with Gasteiger partial charge < -0.3 is 16.0 Å². The van der Waals surface area contributed by atoms with Gasteiger partial charge in [-0.05, 0) is 14.1 Å². The normalized spacial score (nSPS) is 37.7. The van der Waals surface area contributed by atoms with Crippen molar-refractivity contribution in [2.75, 3.05) is 27.2 Å². The molecule has 0 aromatic heterocycles. The Morgan fingerprint density at radius 3 is 2.44 bits per heavy atom. The second-order valence-corrected chi connectivity index (χ2v) is 2.78. The number of likely N-dealkylation sites (tertiary alicyclic amines) is 1. The summed E-state index contributed by atoms with van der Waals surface area (Å²) in [6.07, 6.45) is 0. The van der Waals surface area contributed by atoms with E-state index in [4.69, 9.17) is 5.73 Å². The molecule has 1 fully saturated rings. The smallest absolute Gasteiger partial charge is 0.0357 e. The SMILES string of the molecule is CN[C@@H]1CN(C)C[C@@H]1N. The van der Waals surface area contributed by atoms with Crippen LogP contribution in [0.1, 0.15) is 0 Å². The van der Waals surface area contributed by atoms with Gasteiger partial charge in [0.1, 0.15) is 0 Å². The lowest BCUT2D eigenvalue weighted by atomic mass is 10.2. The van der Waals surface area contributed by atoms with Crippen LogP contribution in [0, 0.1) is 0 Å². The van der Waals surface area contributed by atoms with Gasteiger partial charge in [0.15, 0.2) is 0 Å². The summed E-state index contributed by atoms with van der Waals surface area (Å²) in [6, 6.07) is 0.815. The quantitative estimate of drug-likeness (QED) is 0.469. The Labute approximate surface area is 56.2 Å². The molecule has 1 rings (SSSR count). The molecule has 3 nitrogen and oxygen atoms in total. The summed E-state index contributed by atoms with van der Waals surface area (Å²) in [6.45, 7) is 2.10. The first-order chi connectivity index (χ1) is 4.24. The fourth-order valence-corrected chi connectivity index (χ4v) is 1.34. The maximum atomic E-state index is 5.78. The monoisotopic (exact) mass is 129 g/mol. The van der Waals surface area contributed by atoms with E-state index in [1.807, 2.05) is 7.05 Å². The van der Waals surface area contributed by atoms with Crippen LogP contribution in [-0.2, 0) is 0 Å². The molecule has 9 heavy (non-hydrogen) atoms. The highest BCUT2D eigenvalue weighted by atomic mass is 15.2. The third-order valence-electron chi connectivity index (χ3n) is 1.92. The van der Waals surface area contributed by atoms with Crippen LogP contribution in [0.3, 0.4) is 0 Å². The number of rotatable bonds is 1. The fourth-order valence-electron chi connectivity index (χ4n) is 1.34. The lowest BCUT2D eigenvalue weighted by molar-refractivity contribution is 0.402. The van der Waals surface area contributed by atoms with Crippen LogP contribution >= 0.6 is 0 Å². The van der Waals surface area contributed by atoms with E-state index in [0.717, 1.165) is 13.1 Å². The second kappa shape index (κ2) is 2.64. The average molecular weight is 129 g/mol. The molecule has 1 aliphatic heterocycles. The van der Waals surface area contributed by atoms with E-state index in [1.165, 1.54) is 0 Å². The molecule has 3 heteroatoms. The molecular weight excluding hydrogens is 114 g/mol. The molecule has 1 heterocycles. The largest absolute Gasteiger partial charge is 0.325 e. The van der Waals surface area contributed by atoms with Gasteiger partial charge in [-0.15, -0.1) is 0 Å². The second-order valence-electron chi connectivity index (χ2n) is 2.78. The Morgan fingerprint density at radius 1 is 1.56 bits per heavy atom. The third kappa shape index (κ3) is 1.41. The predicted octanol–water partition coefficient (Wildman–Crippen LogP) is -1.15. The number of nitrogens with one attached hydrogen (secondary N) is 1. The molecule has 0 amide bonds. The molecule has 0 unspecified atom stereocenters. The van der Waals surface area contributed by atoms with Crippen molar-refractivity contribution in [2.24, 2.45) is 5.73 Å². The molecular formula is C6H15N3. The first-order valence-electron chi connectivity index (χ1n) is 3.35. The number of likely N-dealkylation sites (N-methyl/N-ethyl adjacent to an activating group) is 2. The fraction of sp³-hybridized carbons (Fsp3) is 1.00. The predicted molar refractivity (Wildman–Crippen MR) is 38.3 cm³/mol. The van der Waals surface area contributed by atoms with E-state index >= 15 is 0 Å². The Morgan fingerprint density at radius 2 is 2.22 bits per heavy atom.